The van der Waals surface area contributed by atoms with E-state index in [1.54, 1.807) is 26.0 Å². The lowest BCUT2D eigenvalue weighted by Gasteiger charge is -2.23. The number of ether oxygens (including phenoxy) is 1. The minimum absolute atomic E-state index is 0.0600. The lowest BCUT2D eigenvalue weighted by molar-refractivity contribution is -0.137. The van der Waals surface area contributed by atoms with Crippen molar-refractivity contribution in [3.05, 3.63) is 53.6 Å². The van der Waals surface area contributed by atoms with Crippen molar-refractivity contribution < 1.29 is 14.3 Å². The Kier molecular flexibility index (Phi) is 5.67. The van der Waals surface area contributed by atoms with E-state index >= 15 is 0 Å². The lowest BCUT2D eigenvalue weighted by atomic mass is 9.94. The van der Waals surface area contributed by atoms with Crippen LogP contribution in [-0.4, -0.2) is 44.1 Å². The SMILES string of the molecule is COC1(C)C(=O)N(C)c2cc(-c3ccc(C[C@@H](C#N)NC(=O)[C@H]4N[C@@H]5CC[C@H]4C5)cc3)ccc21. The molecule has 5 atom stereocenters. The minimum atomic E-state index is -0.962. The molecule has 1 aliphatic carbocycles. The highest BCUT2D eigenvalue weighted by molar-refractivity contribution is 6.07. The van der Waals surface area contributed by atoms with Crippen LogP contribution >= 0.6 is 0 Å². The summed E-state index contributed by atoms with van der Waals surface area (Å²) in [6.07, 6.45) is 3.75. The lowest BCUT2D eigenvalue weighted by Crippen LogP contribution is -2.50. The number of hydrogen-bond donors (Lipinski definition) is 2. The second kappa shape index (κ2) is 8.53. The van der Waals surface area contributed by atoms with Gasteiger partial charge in [0.15, 0.2) is 5.60 Å². The monoisotopic (exact) mass is 458 g/mol. The molecule has 34 heavy (non-hydrogen) atoms. The standard InChI is InChI=1S/C27H30N4O3/c1-27(34-3)22-11-9-18(14-23(22)31(2)26(27)33)17-6-4-16(5-7-17)12-21(15-28)30-25(32)24-19-8-10-20(13-19)29-24/h4-7,9,11,14,19-21,24,29H,8,10,12-13H2,1-3H3,(H,30,32)/t19-,20+,21-,24-,27?/m0/s1. The fourth-order valence-corrected chi connectivity index (χ4v) is 5.74. The first-order valence-electron chi connectivity index (χ1n) is 11.9. The number of nitrogens with zero attached hydrogens (tertiary/aromatic N) is 2. The molecule has 2 amide bonds. The van der Waals surface area contributed by atoms with E-state index in [2.05, 4.69) is 16.7 Å². The Morgan fingerprint density at radius 3 is 2.62 bits per heavy atom. The highest BCUT2D eigenvalue weighted by Gasteiger charge is 2.46. The van der Waals surface area contributed by atoms with Crippen LogP contribution in [0.3, 0.4) is 0 Å². The van der Waals surface area contributed by atoms with Crippen LogP contribution in [0.5, 0.6) is 0 Å². The predicted molar refractivity (Wildman–Crippen MR) is 129 cm³/mol. The zero-order valence-electron chi connectivity index (χ0n) is 19.8. The van der Waals surface area contributed by atoms with Crippen molar-refractivity contribution in [1.29, 1.82) is 5.26 Å². The zero-order chi connectivity index (χ0) is 24.0. The van der Waals surface area contributed by atoms with Gasteiger partial charge in [0.1, 0.15) is 6.04 Å². The Morgan fingerprint density at radius 2 is 2.00 bits per heavy atom. The first kappa shape index (κ1) is 22.6. The molecule has 2 bridgehead atoms. The Bertz CT molecular complexity index is 1170. The van der Waals surface area contributed by atoms with E-state index in [-0.39, 0.29) is 17.9 Å². The summed E-state index contributed by atoms with van der Waals surface area (Å²) in [7, 11) is 3.32. The van der Waals surface area contributed by atoms with E-state index < -0.39 is 11.6 Å². The first-order chi connectivity index (χ1) is 16.3. The predicted octanol–water partition coefficient (Wildman–Crippen LogP) is 2.88. The van der Waals surface area contributed by atoms with Gasteiger partial charge < -0.3 is 20.3 Å². The van der Waals surface area contributed by atoms with Crippen molar-refractivity contribution in [2.75, 3.05) is 19.1 Å². The Hall–Kier alpha value is -3.21. The molecule has 0 aromatic heterocycles. The van der Waals surface area contributed by atoms with Crippen molar-refractivity contribution in [3.8, 4) is 17.2 Å². The van der Waals surface area contributed by atoms with Crippen molar-refractivity contribution in [2.24, 2.45) is 5.92 Å². The molecule has 176 valence electrons. The van der Waals surface area contributed by atoms with Crippen LogP contribution in [0.1, 0.15) is 37.3 Å². The van der Waals surface area contributed by atoms with E-state index in [0.717, 1.165) is 47.2 Å². The van der Waals surface area contributed by atoms with E-state index in [4.69, 9.17) is 4.74 Å². The van der Waals surface area contributed by atoms with Crippen LogP contribution in [0.4, 0.5) is 5.69 Å². The molecule has 2 aromatic rings. The maximum atomic E-state index is 12.7. The van der Waals surface area contributed by atoms with Gasteiger partial charge in [-0.15, -0.1) is 0 Å². The second-order valence-electron chi connectivity index (χ2n) is 9.84. The van der Waals surface area contributed by atoms with Crippen LogP contribution in [-0.2, 0) is 26.3 Å². The van der Waals surface area contributed by atoms with Crippen molar-refractivity contribution >= 4 is 17.5 Å². The molecule has 2 aliphatic heterocycles. The molecule has 1 unspecified atom stereocenters. The van der Waals surface area contributed by atoms with Crippen LogP contribution in [0.25, 0.3) is 11.1 Å². The van der Waals surface area contributed by atoms with Gasteiger partial charge in [-0.05, 0) is 54.9 Å². The molecule has 2 fully saturated rings. The highest BCUT2D eigenvalue weighted by Crippen LogP contribution is 2.43. The molecule has 2 heterocycles. The molecule has 1 saturated carbocycles. The van der Waals surface area contributed by atoms with Gasteiger partial charge in [-0.1, -0.05) is 36.4 Å². The van der Waals surface area contributed by atoms with Crippen LogP contribution in [0.15, 0.2) is 42.5 Å². The Morgan fingerprint density at radius 1 is 1.26 bits per heavy atom. The molecule has 1 saturated heterocycles. The number of nitrogens with one attached hydrogen (secondary N) is 2. The number of methoxy groups -OCH3 is 1. The van der Waals surface area contributed by atoms with Gasteiger partial charge in [0.25, 0.3) is 5.91 Å². The van der Waals surface area contributed by atoms with Crippen molar-refractivity contribution in [2.45, 2.75) is 56.3 Å². The Labute approximate surface area is 200 Å². The third kappa shape index (κ3) is 3.67. The molecule has 7 nitrogen and oxygen atoms in total. The number of carbonyl (C=O) groups is 2. The fraction of sp³-hybridized carbons (Fsp3) is 0.444. The first-order valence-corrected chi connectivity index (χ1v) is 11.9. The van der Waals surface area contributed by atoms with E-state index in [1.165, 1.54) is 0 Å². The summed E-state index contributed by atoms with van der Waals surface area (Å²) in [5.41, 5.74) is 3.74. The molecular formula is C27H30N4O3. The number of likely N-dealkylation sites (N-methyl/N-ethyl adjacent to an activating group) is 1. The van der Waals surface area contributed by atoms with Gasteiger partial charge in [0, 0.05) is 32.2 Å². The minimum Gasteiger partial charge on any atom is -0.364 e. The maximum Gasteiger partial charge on any atom is 0.263 e. The largest absolute Gasteiger partial charge is 0.364 e. The van der Waals surface area contributed by atoms with Gasteiger partial charge >= 0.3 is 0 Å². The van der Waals surface area contributed by atoms with Crippen molar-refractivity contribution in [3.63, 3.8) is 0 Å². The number of carbonyl (C=O) groups excluding carboxylic acids is 2. The summed E-state index contributed by atoms with van der Waals surface area (Å²) in [5, 5.41) is 15.9. The van der Waals surface area contributed by atoms with E-state index in [9.17, 15) is 14.9 Å². The second-order valence-corrected chi connectivity index (χ2v) is 9.84. The van der Waals surface area contributed by atoms with Gasteiger partial charge in [-0.3, -0.25) is 9.59 Å². The van der Waals surface area contributed by atoms with Crippen LogP contribution in [0.2, 0.25) is 0 Å². The zero-order valence-corrected chi connectivity index (χ0v) is 19.8. The number of amides is 2. The molecule has 0 spiro atoms. The number of nitriles is 1. The van der Waals surface area contributed by atoms with Gasteiger partial charge in [0.2, 0.25) is 5.91 Å². The highest BCUT2D eigenvalue weighted by atomic mass is 16.5. The molecule has 0 radical (unpaired) electrons. The molecule has 2 N–H and O–H groups in total. The molecule has 7 heteroatoms. The number of rotatable bonds is 6. The summed E-state index contributed by atoms with van der Waals surface area (Å²) in [6, 6.07) is 15.9. The van der Waals surface area contributed by atoms with Crippen molar-refractivity contribution in [1.82, 2.24) is 10.6 Å². The third-order valence-corrected chi connectivity index (χ3v) is 7.84. The topological polar surface area (TPSA) is 94.5 Å². The van der Waals surface area contributed by atoms with Gasteiger partial charge in [-0.25, -0.2) is 0 Å². The smallest absolute Gasteiger partial charge is 0.263 e. The quantitative estimate of drug-likeness (QED) is 0.694. The number of benzene rings is 2. The fourth-order valence-electron chi connectivity index (χ4n) is 5.74. The van der Waals surface area contributed by atoms with Crippen LogP contribution in [0, 0.1) is 17.2 Å². The van der Waals surface area contributed by atoms with Crippen LogP contribution < -0.4 is 15.5 Å². The Balaban J connectivity index is 1.27. The summed E-state index contributed by atoms with van der Waals surface area (Å²) >= 11 is 0. The average molecular weight is 459 g/mol. The summed E-state index contributed by atoms with van der Waals surface area (Å²) in [6.45, 7) is 1.80. The molecule has 2 aromatic carbocycles. The third-order valence-electron chi connectivity index (χ3n) is 7.84. The van der Waals surface area contributed by atoms with Gasteiger partial charge in [-0.2, -0.15) is 5.26 Å². The maximum absolute atomic E-state index is 12.7. The normalized spacial score (nSPS) is 28.0. The number of piperidine rings is 1. The molecule has 5 rings (SSSR count). The number of fused-ring (bicyclic) bond motifs is 3. The summed E-state index contributed by atoms with van der Waals surface area (Å²) < 4.78 is 5.54. The van der Waals surface area contributed by atoms with E-state index in [1.807, 2.05) is 42.5 Å². The molecule has 3 aliphatic rings. The molecular weight excluding hydrogens is 428 g/mol. The average Bonchev–Trinajstić information content (AvgIpc) is 3.55. The summed E-state index contributed by atoms with van der Waals surface area (Å²) in [5.74, 6) is 0.255. The van der Waals surface area contributed by atoms with Gasteiger partial charge in [0.05, 0.1) is 17.8 Å². The summed E-state index contributed by atoms with van der Waals surface area (Å²) in [4.78, 5) is 27.0. The number of hydrogen-bond acceptors (Lipinski definition) is 5. The van der Waals surface area contributed by atoms with E-state index in [0.29, 0.717) is 18.4 Å². The number of anilines is 1.